The molecular formula is C72H106N22O11. The highest BCUT2D eigenvalue weighted by molar-refractivity contribution is 5.99. The standard InChI is InChI=1S/C72H106N22O11/c1-41(2)32-49(75)61(95)86-54(26-16-30-81-71(76)77)64(98)91-57(34-44-37-83-50-22-10-8-20-47(44)50)66(100)87-52(24-12-14-28-73)62(96)90-56(33-43-18-6-5-7-19-43)65(99)93-59(36-46-39-80-40-85-46)68(102)94-60(42(3)4)69(103)88-53(25-13-15-29-74)63(97)92-58(35-45-38-84-51-23-11-9-21-48(45)51)67(101)89-55(70(104)105)27-17-31-82-72(78)79/h5-11,18-23,37-42,49,52-60,83-84H,12-17,24-36,73-75H2,1-4H3,(H,80,85)(H,86,95)(H,87,100)(H,88,103)(H,89,101)(H,90,96)(H,91,98)(H,92,97)(H,93,99)(H,94,102)(H,104,105)(H4,76,77,81)(H4,78,79,82)/t49-,52-,53-,54-,55-,56-,57-,58-,59-,60-/m0/s1. The maximum Gasteiger partial charge on any atom is 0.326 e. The molecule has 0 radical (unpaired) electrons. The molecule has 0 bridgehead atoms. The van der Waals surface area contributed by atoms with Gasteiger partial charge in [-0.2, -0.15) is 0 Å². The minimum Gasteiger partial charge on any atom is -0.480 e. The normalized spacial score (nSPS) is 14.2. The van der Waals surface area contributed by atoms with E-state index in [4.69, 9.17) is 39.5 Å². The molecule has 9 amide bonds. The van der Waals surface area contributed by atoms with Crippen molar-refractivity contribution >= 4 is 92.9 Å². The van der Waals surface area contributed by atoms with E-state index in [1.165, 1.54) is 12.5 Å². The number of carbonyl (C=O) groups excluding carboxylic acids is 9. The first-order valence-electron chi connectivity index (χ1n) is 35.6. The van der Waals surface area contributed by atoms with Gasteiger partial charge in [0.1, 0.15) is 54.4 Å². The monoisotopic (exact) mass is 1450 g/mol. The summed E-state index contributed by atoms with van der Waals surface area (Å²) in [5.74, 6) is -9.67. The van der Waals surface area contributed by atoms with Crippen molar-refractivity contribution in [2.45, 2.75) is 184 Å². The molecule has 6 aromatic rings. The van der Waals surface area contributed by atoms with E-state index >= 15 is 14.4 Å². The Morgan fingerprint density at radius 3 is 1.29 bits per heavy atom. The second kappa shape index (κ2) is 42.6. The number of imidazole rings is 1. The first kappa shape index (κ1) is 83.0. The summed E-state index contributed by atoms with van der Waals surface area (Å²) in [6.07, 6.45) is 7.95. The summed E-state index contributed by atoms with van der Waals surface area (Å²) in [6, 6.07) is 9.91. The molecule has 0 saturated heterocycles. The Kier molecular flexibility index (Phi) is 33.7. The van der Waals surface area contributed by atoms with E-state index in [0.29, 0.717) is 54.5 Å². The van der Waals surface area contributed by atoms with Gasteiger partial charge in [0, 0.05) is 79.2 Å². The summed E-state index contributed by atoms with van der Waals surface area (Å²) in [5, 5.41) is 57.0. The van der Waals surface area contributed by atoms with Crippen LogP contribution in [-0.4, -0.2) is 183 Å². The van der Waals surface area contributed by atoms with Crippen molar-refractivity contribution in [2.24, 2.45) is 40.5 Å². The fourth-order valence-electron chi connectivity index (χ4n) is 12.0. The average Bonchev–Trinajstić information content (AvgIpc) is 1.79. The number of nitrogens with one attached hydrogen (secondary N) is 16. The highest BCUT2D eigenvalue weighted by Crippen LogP contribution is 2.22. The zero-order valence-electron chi connectivity index (χ0n) is 60.0. The van der Waals surface area contributed by atoms with Crippen molar-refractivity contribution in [1.29, 1.82) is 10.8 Å². The quantitative estimate of drug-likeness (QED) is 0.0135. The van der Waals surface area contributed by atoms with Gasteiger partial charge in [0.05, 0.1) is 18.1 Å². The second-order valence-electron chi connectivity index (χ2n) is 26.9. The van der Waals surface area contributed by atoms with Gasteiger partial charge in [-0.25, -0.2) is 9.78 Å². The maximum absolute atomic E-state index is 15.1. The third-order valence-corrected chi connectivity index (χ3v) is 17.7. The SMILES string of the molecule is CC(C)C[C@H](N)C(=O)N[C@@H](CCCNC(=N)N)C(=O)N[C@@H](Cc1c[nH]c2ccccc12)C(=O)N[C@@H](CCCCN)C(=O)N[C@@H](Cc1ccccc1)C(=O)N[C@@H](Cc1c[nH]cn1)C(=O)N[C@H](C(=O)N[C@@H](CCCCN)C(=O)N[C@@H](Cc1c[nH]c2ccccc12)C(=O)N[C@@H](CCCNC(=N)N)C(=O)O)C(C)C. The Morgan fingerprint density at radius 2 is 0.848 bits per heavy atom. The number of rotatable bonds is 46. The van der Waals surface area contributed by atoms with Crippen LogP contribution in [0.2, 0.25) is 0 Å². The molecule has 6 rings (SSSR count). The van der Waals surface area contributed by atoms with Gasteiger partial charge in [0.25, 0.3) is 0 Å². The van der Waals surface area contributed by atoms with Crippen molar-refractivity contribution in [3.8, 4) is 0 Å². The lowest BCUT2D eigenvalue weighted by atomic mass is 9.99. The number of guanidine groups is 2. The van der Waals surface area contributed by atoms with E-state index in [2.05, 4.69) is 78.4 Å². The van der Waals surface area contributed by atoms with Gasteiger partial charge in [0.15, 0.2) is 11.9 Å². The zero-order valence-corrected chi connectivity index (χ0v) is 60.0. The highest BCUT2D eigenvalue weighted by atomic mass is 16.4. The fourth-order valence-corrected chi connectivity index (χ4v) is 12.0. The van der Waals surface area contributed by atoms with Gasteiger partial charge >= 0.3 is 5.97 Å². The molecule has 10 atom stereocenters. The smallest absolute Gasteiger partial charge is 0.326 e. The first-order chi connectivity index (χ1) is 50.2. The molecular weight excluding hydrogens is 1350 g/mol. The van der Waals surface area contributed by atoms with E-state index < -0.39 is 125 Å². The van der Waals surface area contributed by atoms with E-state index in [0.717, 1.165) is 21.8 Å². The van der Waals surface area contributed by atoms with Crippen LogP contribution in [0.3, 0.4) is 0 Å². The van der Waals surface area contributed by atoms with Crippen molar-refractivity contribution in [1.82, 2.24) is 78.4 Å². The Balaban J connectivity index is 1.27. The summed E-state index contributed by atoms with van der Waals surface area (Å²) in [7, 11) is 0. The molecule has 0 fully saturated rings. The lowest BCUT2D eigenvalue weighted by molar-refractivity contribution is -0.142. The molecule has 0 saturated carbocycles. The largest absolute Gasteiger partial charge is 0.480 e. The van der Waals surface area contributed by atoms with Crippen LogP contribution >= 0.6 is 0 Å². The second-order valence-corrected chi connectivity index (χ2v) is 26.9. The first-order valence-corrected chi connectivity index (χ1v) is 35.6. The molecule has 0 aliphatic heterocycles. The predicted octanol–water partition coefficient (Wildman–Crippen LogP) is -0.0954. The van der Waals surface area contributed by atoms with Crippen LogP contribution in [-0.2, 0) is 73.6 Å². The number of H-pyrrole nitrogens is 3. The number of fused-ring (bicyclic) bond motifs is 2. The van der Waals surface area contributed by atoms with Crippen molar-refractivity contribution in [2.75, 3.05) is 26.2 Å². The van der Waals surface area contributed by atoms with Crippen LogP contribution in [0.15, 0.2) is 104 Å². The number of carbonyl (C=O) groups is 10. The van der Waals surface area contributed by atoms with E-state index in [1.54, 1.807) is 62.6 Å². The van der Waals surface area contributed by atoms with Crippen LogP contribution in [0.5, 0.6) is 0 Å². The molecule has 0 aliphatic rings. The summed E-state index contributed by atoms with van der Waals surface area (Å²) >= 11 is 0. The van der Waals surface area contributed by atoms with Crippen molar-refractivity contribution in [3.63, 3.8) is 0 Å². The molecule has 0 aliphatic carbocycles. The third-order valence-electron chi connectivity index (χ3n) is 17.7. The Morgan fingerprint density at radius 1 is 0.457 bits per heavy atom. The van der Waals surface area contributed by atoms with Crippen LogP contribution in [0.4, 0.5) is 0 Å². The number of nitrogens with zero attached hydrogens (tertiary/aromatic N) is 1. The predicted molar refractivity (Wildman–Crippen MR) is 398 cm³/mol. The number of benzene rings is 3. The average molecular weight is 1460 g/mol. The number of nitrogens with two attached hydrogens (primary N) is 5. The van der Waals surface area contributed by atoms with Crippen LogP contribution < -0.4 is 87.2 Å². The minimum atomic E-state index is -1.49. The molecule has 33 nitrogen and oxygen atoms in total. The molecule has 3 aromatic carbocycles. The van der Waals surface area contributed by atoms with Gasteiger partial charge < -0.3 is 107 Å². The number of unbranched alkanes of at least 4 members (excludes halogenated alkanes) is 2. The van der Waals surface area contributed by atoms with Gasteiger partial charge in [-0.1, -0.05) is 94.4 Å². The number of carboxylic acid groups (broad SMARTS) is 1. The Bertz CT molecular complexity index is 3840. The summed E-state index contributed by atoms with van der Waals surface area (Å²) in [6.45, 7) is 7.90. The Hall–Kier alpha value is -10.9. The number of amides is 9. The number of aromatic nitrogens is 4. The van der Waals surface area contributed by atoms with Crippen LogP contribution in [0.1, 0.15) is 121 Å². The molecule has 3 heterocycles. The minimum absolute atomic E-state index is 0.00726. The number of aliphatic carboxylic acids is 1. The van der Waals surface area contributed by atoms with E-state index in [1.807, 2.05) is 56.3 Å². The lowest BCUT2D eigenvalue weighted by Gasteiger charge is -2.29. The molecule has 27 N–H and O–H groups in total. The molecule has 105 heavy (non-hydrogen) atoms. The number of carboxylic acids is 1. The fraction of sp³-hybridized carbons (Fsp3) is 0.486. The topological polar surface area (TPSA) is 561 Å². The van der Waals surface area contributed by atoms with Gasteiger partial charge in [-0.3, -0.25) is 54.0 Å². The maximum atomic E-state index is 15.1. The van der Waals surface area contributed by atoms with Crippen LogP contribution in [0, 0.1) is 22.7 Å². The summed E-state index contributed by atoms with van der Waals surface area (Å²) in [5.41, 5.74) is 32.7. The number of aromatic amines is 3. The van der Waals surface area contributed by atoms with Crippen molar-refractivity contribution < 1.29 is 53.1 Å². The van der Waals surface area contributed by atoms with E-state index in [-0.39, 0.29) is 108 Å². The van der Waals surface area contributed by atoms with Gasteiger partial charge in [-0.05, 0) is 124 Å². The zero-order chi connectivity index (χ0) is 76.5. The van der Waals surface area contributed by atoms with Crippen LogP contribution in [0.25, 0.3) is 21.8 Å². The molecule has 3 aromatic heterocycles. The molecule has 0 spiro atoms. The highest BCUT2D eigenvalue weighted by Gasteiger charge is 2.37. The number of para-hydroxylation sites is 2. The Labute approximate surface area is 609 Å². The molecule has 0 unspecified atom stereocenters. The molecule has 33 heteroatoms. The lowest BCUT2D eigenvalue weighted by Crippen LogP contribution is -2.61. The number of hydrogen-bond donors (Lipinski definition) is 22. The number of hydrogen-bond acceptors (Lipinski definition) is 16. The van der Waals surface area contributed by atoms with Gasteiger partial charge in [-0.15, -0.1) is 0 Å². The van der Waals surface area contributed by atoms with Gasteiger partial charge in [0.2, 0.25) is 53.2 Å². The van der Waals surface area contributed by atoms with Crippen molar-refractivity contribution in [3.05, 3.63) is 126 Å². The summed E-state index contributed by atoms with van der Waals surface area (Å²) in [4.78, 5) is 158. The van der Waals surface area contributed by atoms with E-state index in [9.17, 15) is 38.7 Å². The third kappa shape index (κ3) is 27.3. The summed E-state index contributed by atoms with van der Waals surface area (Å²) < 4.78 is 0. The molecule has 570 valence electrons.